The lowest BCUT2D eigenvalue weighted by Gasteiger charge is -2.20. The van der Waals surface area contributed by atoms with Crippen molar-refractivity contribution in [2.24, 2.45) is 0 Å². The molecule has 1 amide bonds. The Labute approximate surface area is 262 Å². The number of hydrogen-bond donors (Lipinski definition) is 3. The van der Waals surface area contributed by atoms with Crippen molar-refractivity contribution in [3.8, 4) is 0 Å². The molecule has 3 N–H and O–H groups in total. The van der Waals surface area contributed by atoms with Gasteiger partial charge in [0.05, 0.1) is 18.8 Å². The maximum atomic E-state index is 12.3. The highest BCUT2D eigenvalue weighted by molar-refractivity contribution is 5.76. The fourth-order valence-corrected chi connectivity index (χ4v) is 5.52. The van der Waals surface area contributed by atoms with Crippen LogP contribution in [0.2, 0.25) is 0 Å². The van der Waals surface area contributed by atoms with Crippen LogP contribution in [0.1, 0.15) is 194 Å². The molecular formula is C38H73NO3. The molecule has 42 heavy (non-hydrogen) atoms. The van der Waals surface area contributed by atoms with E-state index in [4.69, 9.17) is 0 Å². The number of aliphatic hydroxyl groups is 2. The second-order valence-corrected chi connectivity index (χ2v) is 12.6. The number of nitrogens with one attached hydrogen (secondary N) is 1. The average molecular weight is 592 g/mol. The maximum absolute atomic E-state index is 12.3. The van der Waals surface area contributed by atoms with Crippen LogP contribution >= 0.6 is 0 Å². The molecule has 2 atom stereocenters. The fourth-order valence-electron chi connectivity index (χ4n) is 5.52. The molecule has 4 heteroatoms. The summed E-state index contributed by atoms with van der Waals surface area (Å²) in [7, 11) is 0. The number of unbranched alkanes of at least 4 members (excludes halogenated alkanes) is 24. The Balaban J connectivity index is 3.58. The molecule has 0 fully saturated rings. The number of hydrogen-bond acceptors (Lipinski definition) is 3. The fraction of sp³-hybridized carbons (Fsp3) is 0.868. The summed E-state index contributed by atoms with van der Waals surface area (Å²) in [4.78, 5) is 12.3. The van der Waals surface area contributed by atoms with Crippen molar-refractivity contribution < 1.29 is 15.0 Å². The van der Waals surface area contributed by atoms with E-state index in [2.05, 4.69) is 31.3 Å². The zero-order chi connectivity index (χ0) is 30.8. The summed E-state index contributed by atoms with van der Waals surface area (Å²) in [5, 5.41) is 22.8. The lowest BCUT2D eigenvalue weighted by atomic mass is 10.0. The standard InChI is InChI=1S/C38H73NO3/c1-3-5-7-9-11-13-15-16-17-18-19-20-21-22-24-26-28-30-32-34-38(42)39-36(35-40)37(41)33-31-29-27-25-23-14-12-10-8-6-4-2/h16-17,31,33,36-37,40-41H,3-15,18-30,32,34-35H2,1-2H3,(H,39,42)/b17-16+,33-31+/t36-,37+/m0/s1. The van der Waals surface area contributed by atoms with E-state index in [9.17, 15) is 15.0 Å². The molecule has 4 nitrogen and oxygen atoms in total. The van der Waals surface area contributed by atoms with E-state index >= 15 is 0 Å². The van der Waals surface area contributed by atoms with E-state index in [0.29, 0.717) is 6.42 Å². The number of carbonyl (C=O) groups is 1. The largest absolute Gasteiger partial charge is 0.394 e. The molecule has 0 radical (unpaired) electrons. The molecule has 0 aliphatic heterocycles. The summed E-state index contributed by atoms with van der Waals surface area (Å²) in [5.74, 6) is -0.0681. The Kier molecular flexibility index (Phi) is 33.4. The zero-order valence-electron chi connectivity index (χ0n) is 28.3. The highest BCUT2D eigenvalue weighted by Crippen LogP contribution is 2.13. The molecule has 0 unspecified atom stereocenters. The van der Waals surface area contributed by atoms with Gasteiger partial charge in [-0.25, -0.2) is 0 Å². The van der Waals surface area contributed by atoms with Gasteiger partial charge in [-0.3, -0.25) is 4.79 Å². The minimum Gasteiger partial charge on any atom is -0.394 e. The number of carbonyl (C=O) groups excluding carboxylic acids is 1. The topological polar surface area (TPSA) is 69.6 Å². The van der Waals surface area contributed by atoms with Gasteiger partial charge in [0.1, 0.15) is 0 Å². The molecule has 0 aliphatic carbocycles. The molecule has 0 spiro atoms. The van der Waals surface area contributed by atoms with E-state index < -0.39 is 12.1 Å². The molecule has 0 aromatic heterocycles. The first-order chi connectivity index (χ1) is 20.7. The van der Waals surface area contributed by atoms with Gasteiger partial charge in [-0.15, -0.1) is 0 Å². The highest BCUT2D eigenvalue weighted by atomic mass is 16.3. The SMILES string of the molecule is CCCCCCCC/C=C/CCCCCCCCCCCC(=O)N[C@@H](CO)[C@H](O)/C=C/CCCCCCCCCCC. The van der Waals surface area contributed by atoms with Crippen molar-refractivity contribution in [2.45, 2.75) is 206 Å². The van der Waals surface area contributed by atoms with Crippen molar-refractivity contribution in [1.82, 2.24) is 5.32 Å². The van der Waals surface area contributed by atoms with Crippen LogP contribution in [0.4, 0.5) is 0 Å². The summed E-state index contributed by atoms with van der Waals surface area (Å²) in [5.41, 5.74) is 0. The summed E-state index contributed by atoms with van der Waals surface area (Å²) in [6.45, 7) is 4.28. The van der Waals surface area contributed by atoms with Crippen LogP contribution < -0.4 is 5.32 Å². The quantitative estimate of drug-likeness (QED) is 0.0525. The number of amides is 1. The summed E-state index contributed by atoms with van der Waals surface area (Å²) < 4.78 is 0. The van der Waals surface area contributed by atoms with Crippen LogP contribution in [0.3, 0.4) is 0 Å². The van der Waals surface area contributed by atoms with Crippen molar-refractivity contribution >= 4 is 5.91 Å². The molecule has 0 aromatic rings. The third-order valence-corrected chi connectivity index (χ3v) is 8.43. The van der Waals surface area contributed by atoms with Crippen LogP contribution in [0.5, 0.6) is 0 Å². The first-order valence-electron chi connectivity index (χ1n) is 18.6. The van der Waals surface area contributed by atoms with Crippen molar-refractivity contribution in [1.29, 1.82) is 0 Å². The van der Waals surface area contributed by atoms with E-state index in [1.165, 1.54) is 148 Å². The van der Waals surface area contributed by atoms with E-state index in [0.717, 1.165) is 25.7 Å². The van der Waals surface area contributed by atoms with Crippen LogP contribution in [0.15, 0.2) is 24.3 Å². The molecule has 0 rings (SSSR count). The summed E-state index contributed by atoms with van der Waals surface area (Å²) in [6.07, 6.45) is 42.6. The van der Waals surface area contributed by atoms with Gasteiger partial charge in [-0.05, 0) is 44.9 Å². The lowest BCUT2D eigenvalue weighted by molar-refractivity contribution is -0.123. The molecular weight excluding hydrogens is 518 g/mol. The normalized spacial score (nSPS) is 13.3. The molecule has 0 aromatic carbocycles. The molecule has 248 valence electrons. The molecule has 0 saturated carbocycles. The van der Waals surface area contributed by atoms with Gasteiger partial charge in [0.15, 0.2) is 0 Å². The van der Waals surface area contributed by atoms with E-state index in [1.807, 2.05) is 6.08 Å². The second kappa shape index (κ2) is 34.4. The van der Waals surface area contributed by atoms with Crippen molar-refractivity contribution in [2.75, 3.05) is 6.61 Å². The predicted octanol–water partition coefficient (Wildman–Crippen LogP) is 10.9. The Bertz CT molecular complexity index is 603. The van der Waals surface area contributed by atoms with Crippen molar-refractivity contribution in [3.63, 3.8) is 0 Å². The second-order valence-electron chi connectivity index (χ2n) is 12.6. The Morgan fingerprint density at radius 1 is 0.548 bits per heavy atom. The number of aliphatic hydroxyl groups excluding tert-OH is 2. The molecule has 0 saturated heterocycles. The number of rotatable bonds is 33. The van der Waals surface area contributed by atoms with Gasteiger partial charge >= 0.3 is 0 Å². The predicted molar refractivity (Wildman–Crippen MR) is 184 cm³/mol. The van der Waals surface area contributed by atoms with Gasteiger partial charge in [0, 0.05) is 6.42 Å². The third-order valence-electron chi connectivity index (χ3n) is 8.43. The molecule has 0 bridgehead atoms. The van der Waals surface area contributed by atoms with Gasteiger partial charge in [-0.1, -0.05) is 167 Å². The molecule has 0 aliphatic rings. The minimum atomic E-state index is -0.835. The van der Waals surface area contributed by atoms with Crippen LogP contribution in [-0.2, 0) is 4.79 Å². The van der Waals surface area contributed by atoms with Crippen LogP contribution in [0.25, 0.3) is 0 Å². The minimum absolute atomic E-state index is 0.0681. The lowest BCUT2D eigenvalue weighted by Crippen LogP contribution is -2.45. The summed E-state index contributed by atoms with van der Waals surface area (Å²) in [6, 6.07) is -0.618. The monoisotopic (exact) mass is 592 g/mol. The third kappa shape index (κ3) is 30.3. The first-order valence-corrected chi connectivity index (χ1v) is 18.6. The maximum Gasteiger partial charge on any atom is 0.220 e. The van der Waals surface area contributed by atoms with Gasteiger partial charge in [-0.2, -0.15) is 0 Å². The number of allylic oxidation sites excluding steroid dienone is 3. The molecule has 0 heterocycles. The summed E-state index contributed by atoms with van der Waals surface area (Å²) >= 11 is 0. The van der Waals surface area contributed by atoms with E-state index in [-0.39, 0.29) is 12.5 Å². The van der Waals surface area contributed by atoms with Gasteiger partial charge < -0.3 is 15.5 Å². The van der Waals surface area contributed by atoms with Crippen LogP contribution in [0, 0.1) is 0 Å². The Hall–Kier alpha value is -1.13. The Morgan fingerprint density at radius 2 is 0.905 bits per heavy atom. The van der Waals surface area contributed by atoms with Crippen molar-refractivity contribution in [3.05, 3.63) is 24.3 Å². The first kappa shape index (κ1) is 40.9. The highest BCUT2D eigenvalue weighted by Gasteiger charge is 2.17. The smallest absolute Gasteiger partial charge is 0.220 e. The van der Waals surface area contributed by atoms with E-state index in [1.54, 1.807) is 6.08 Å². The Morgan fingerprint density at radius 3 is 1.31 bits per heavy atom. The average Bonchev–Trinajstić information content (AvgIpc) is 2.99. The zero-order valence-corrected chi connectivity index (χ0v) is 28.3. The van der Waals surface area contributed by atoms with Crippen LogP contribution in [-0.4, -0.2) is 34.9 Å². The van der Waals surface area contributed by atoms with Gasteiger partial charge in [0.2, 0.25) is 5.91 Å². The van der Waals surface area contributed by atoms with Gasteiger partial charge in [0.25, 0.3) is 0 Å².